The van der Waals surface area contributed by atoms with E-state index in [0.717, 1.165) is 49.6 Å². The summed E-state index contributed by atoms with van der Waals surface area (Å²) in [5.41, 5.74) is 7.93. The number of anilines is 1. The molecule has 0 spiro atoms. The minimum absolute atomic E-state index is 0.353. The van der Waals surface area contributed by atoms with Crippen LogP contribution in [0.5, 0.6) is 0 Å². The van der Waals surface area contributed by atoms with Crippen molar-refractivity contribution in [2.45, 2.75) is 0 Å². The Labute approximate surface area is 310 Å². The van der Waals surface area contributed by atoms with Crippen LogP contribution in [0.1, 0.15) is 20.7 Å². The number of hydrogen-bond donors (Lipinski definition) is 0. The Morgan fingerprint density at radius 3 is 1.57 bits per heavy atom. The molecule has 1 aliphatic heterocycles. The molecule has 7 aromatic carbocycles. The summed E-state index contributed by atoms with van der Waals surface area (Å²) in [7, 11) is 0. The van der Waals surface area contributed by atoms with Gasteiger partial charge in [-0.15, -0.1) is 0 Å². The molecule has 7 nitrogen and oxygen atoms in total. The summed E-state index contributed by atoms with van der Waals surface area (Å²) in [6, 6.07) is 56.9. The minimum Gasteiger partial charge on any atom is -0.308 e. The van der Waals surface area contributed by atoms with Crippen molar-refractivity contribution in [3.63, 3.8) is 0 Å². The molecule has 0 saturated heterocycles. The predicted molar refractivity (Wildman–Crippen MR) is 213 cm³/mol. The van der Waals surface area contributed by atoms with Gasteiger partial charge in [0.1, 0.15) is 0 Å². The highest BCUT2D eigenvalue weighted by Gasteiger charge is 2.40. The third-order valence-electron chi connectivity index (χ3n) is 9.99. The largest absolute Gasteiger partial charge is 0.308 e. The van der Waals surface area contributed by atoms with Crippen molar-refractivity contribution in [2.24, 2.45) is 0 Å². The first-order valence-corrected chi connectivity index (χ1v) is 17.7. The number of amides is 2. The lowest BCUT2D eigenvalue weighted by atomic mass is 10.0. The van der Waals surface area contributed by atoms with Crippen molar-refractivity contribution in [3.05, 3.63) is 187 Å². The van der Waals surface area contributed by atoms with Crippen LogP contribution in [0.2, 0.25) is 0 Å². The lowest BCUT2D eigenvalue weighted by molar-refractivity contribution is 0.0926. The van der Waals surface area contributed by atoms with E-state index < -0.39 is 0 Å². The SMILES string of the molecule is O=C1c2cccc(-n3c4ccccc4c4ccc(-c5nc(-c6ccccc6)nc(-c6ccccc6)n5)cc43)c2C(=O)N1c1ccccc1-c1ccccc1. The van der Waals surface area contributed by atoms with Crippen molar-refractivity contribution in [1.29, 1.82) is 0 Å². The second-order valence-corrected chi connectivity index (χ2v) is 13.2. The average Bonchev–Trinajstić information content (AvgIpc) is 3.71. The van der Waals surface area contributed by atoms with Crippen LogP contribution in [0.3, 0.4) is 0 Å². The highest BCUT2D eigenvalue weighted by atomic mass is 16.2. The van der Waals surface area contributed by atoms with Gasteiger partial charge < -0.3 is 4.57 Å². The number of aromatic nitrogens is 4. The van der Waals surface area contributed by atoms with Crippen LogP contribution < -0.4 is 4.90 Å². The highest BCUT2D eigenvalue weighted by Crippen LogP contribution is 2.41. The van der Waals surface area contributed by atoms with Crippen molar-refractivity contribution >= 4 is 39.3 Å². The van der Waals surface area contributed by atoms with Crippen LogP contribution in [0.25, 0.3) is 72.8 Å². The monoisotopic (exact) mass is 695 g/mol. The van der Waals surface area contributed by atoms with E-state index in [2.05, 4.69) is 22.8 Å². The Kier molecular flexibility index (Phi) is 7.30. The molecule has 0 radical (unpaired) electrons. The lowest BCUT2D eigenvalue weighted by Gasteiger charge is -2.18. The summed E-state index contributed by atoms with van der Waals surface area (Å²) in [5, 5.41) is 2.01. The third kappa shape index (κ3) is 5.02. The van der Waals surface area contributed by atoms with E-state index in [4.69, 9.17) is 15.0 Å². The summed E-state index contributed by atoms with van der Waals surface area (Å²) in [6.07, 6.45) is 0. The maximum absolute atomic E-state index is 14.7. The molecule has 10 rings (SSSR count). The first-order chi connectivity index (χ1) is 26.6. The number of benzene rings is 7. The summed E-state index contributed by atoms with van der Waals surface area (Å²) < 4.78 is 2.09. The smallest absolute Gasteiger partial charge is 0.268 e. The standard InChI is InChI=1S/C47H29N5O2/c53-46-37-23-14-26-40(42(37)47(54)52(46)38-24-12-10-21-34(38)30-15-4-1-5-16-30)51-39-25-13-11-22-35(39)36-28-27-33(29-41(36)51)45-49-43(31-17-6-2-7-18-31)48-44(50-45)32-19-8-3-9-20-32/h1-29H. The molecule has 0 bridgehead atoms. The van der Waals surface area contributed by atoms with Gasteiger partial charge in [-0.2, -0.15) is 0 Å². The number of nitrogens with zero attached hydrogens (tertiary/aromatic N) is 5. The first-order valence-electron chi connectivity index (χ1n) is 17.7. The number of fused-ring (bicyclic) bond motifs is 4. The molecule has 0 aliphatic carbocycles. The fraction of sp³-hybridized carbons (Fsp3) is 0. The highest BCUT2D eigenvalue weighted by molar-refractivity contribution is 6.36. The molecule has 7 heteroatoms. The second kappa shape index (κ2) is 12.6. The fourth-order valence-corrected chi connectivity index (χ4v) is 7.51. The van der Waals surface area contributed by atoms with Crippen molar-refractivity contribution in [3.8, 4) is 51.0 Å². The van der Waals surface area contributed by atoms with Crippen LogP contribution in [-0.2, 0) is 0 Å². The Morgan fingerprint density at radius 2 is 0.889 bits per heavy atom. The number of para-hydroxylation sites is 2. The maximum Gasteiger partial charge on any atom is 0.268 e. The van der Waals surface area contributed by atoms with Gasteiger partial charge in [0, 0.05) is 33.0 Å². The van der Waals surface area contributed by atoms with E-state index >= 15 is 0 Å². The van der Waals surface area contributed by atoms with Crippen molar-refractivity contribution in [1.82, 2.24) is 19.5 Å². The van der Waals surface area contributed by atoms with E-state index in [1.807, 2.05) is 152 Å². The summed E-state index contributed by atoms with van der Waals surface area (Å²) >= 11 is 0. The molecule has 54 heavy (non-hydrogen) atoms. The van der Waals surface area contributed by atoms with Crippen LogP contribution in [0, 0.1) is 0 Å². The fourth-order valence-electron chi connectivity index (χ4n) is 7.51. The molecule has 1 aliphatic rings. The summed E-state index contributed by atoms with van der Waals surface area (Å²) in [4.78, 5) is 45.1. The Morgan fingerprint density at radius 1 is 0.370 bits per heavy atom. The van der Waals surface area contributed by atoms with Gasteiger partial charge in [0.05, 0.1) is 33.5 Å². The molecule has 254 valence electrons. The van der Waals surface area contributed by atoms with Gasteiger partial charge in [-0.05, 0) is 35.9 Å². The molecule has 0 atom stereocenters. The molecule has 3 heterocycles. The van der Waals surface area contributed by atoms with Crippen LogP contribution in [0.15, 0.2) is 176 Å². The zero-order chi connectivity index (χ0) is 36.2. The molecule has 0 saturated carbocycles. The molecule has 9 aromatic rings. The zero-order valence-electron chi connectivity index (χ0n) is 28.8. The van der Waals surface area contributed by atoms with Crippen LogP contribution in [-0.4, -0.2) is 31.3 Å². The lowest BCUT2D eigenvalue weighted by Crippen LogP contribution is -2.30. The van der Waals surface area contributed by atoms with Gasteiger partial charge in [-0.1, -0.05) is 146 Å². The zero-order valence-corrected chi connectivity index (χ0v) is 28.8. The minimum atomic E-state index is -0.367. The topological polar surface area (TPSA) is 81.0 Å². The maximum atomic E-state index is 14.7. The average molecular weight is 696 g/mol. The number of imide groups is 1. The van der Waals surface area contributed by atoms with Gasteiger partial charge >= 0.3 is 0 Å². The molecular formula is C47H29N5O2. The molecule has 0 unspecified atom stereocenters. The molecule has 2 aromatic heterocycles. The Balaban J connectivity index is 1.17. The molecule has 2 amide bonds. The summed E-state index contributed by atoms with van der Waals surface area (Å²) in [5.74, 6) is 0.943. The van der Waals surface area contributed by atoms with E-state index in [9.17, 15) is 9.59 Å². The van der Waals surface area contributed by atoms with Crippen LogP contribution in [0.4, 0.5) is 5.69 Å². The van der Waals surface area contributed by atoms with Crippen LogP contribution >= 0.6 is 0 Å². The van der Waals surface area contributed by atoms with E-state index in [-0.39, 0.29) is 11.8 Å². The normalized spacial score (nSPS) is 12.5. The predicted octanol–water partition coefficient (Wildman–Crippen LogP) is 10.4. The van der Waals surface area contributed by atoms with E-state index in [1.54, 1.807) is 6.07 Å². The quantitative estimate of drug-likeness (QED) is 0.162. The van der Waals surface area contributed by atoms with Gasteiger partial charge in [0.25, 0.3) is 11.8 Å². The van der Waals surface area contributed by atoms with Gasteiger partial charge in [-0.25, -0.2) is 19.9 Å². The molecule has 0 N–H and O–H groups in total. The van der Waals surface area contributed by atoms with Gasteiger partial charge in [0.15, 0.2) is 17.5 Å². The third-order valence-corrected chi connectivity index (χ3v) is 9.99. The van der Waals surface area contributed by atoms with E-state index in [1.165, 1.54) is 4.90 Å². The Hall–Kier alpha value is -7.51. The second-order valence-electron chi connectivity index (χ2n) is 13.2. The van der Waals surface area contributed by atoms with Gasteiger partial charge in [-0.3, -0.25) is 9.59 Å². The Bertz CT molecular complexity index is 2860. The van der Waals surface area contributed by atoms with E-state index in [0.29, 0.717) is 40.0 Å². The summed E-state index contributed by atoms with van der Waals surface area (Å²) in [6.45, 7) is 0. The molecular weight excluding hydrogens is 667 g/mol. The number of hydrogen-bond acceptors (Lipinski definition) is 5. The van der Waals surface area contributed by atoms with Crippen molar-refractivity contribution < 1.29 is 9.59 Å². The first kappa shape index (κ1) is 31.2. The number of rotatable bonds is 6. The molecule has 0 fully saturated rings. The number of carbonyl (C=O) groups excluding carboxylic acids is 2. The van der Waals surface area contributed by atoms with Crippen molar-refractivity contribution in [2.75, 3.05) is 4.90 Å². The van der Waals surface area contributed by atoms with Gasteiger partial charge in [0.2, 0.25) is 0 Å². The number of carbonyl (C=O) groups is 2.